The van der Waals surface area contributed by atoms with Crippen molar-refractivity contribution in [3.63, 3.8) is 0 Å². The molecule has 26 heavy (non-hydrogen) atoms. The molecule has 0 saturated heterocycles. The van der Waals surface area contributed by atoms with E-state index < -0.39 is 4.92 Å². The number of nitro groups is 1. The first kappa shape index (κ1) is 18.4. The Morgan fingerprint density at radius 2 is 1.27 bits per heavy atom. The van der Waals surface area contributed by atoms with Gasteiger partial charge in [0.15, 0.2) is 0 Å². The highest BCUT2D eigenvalue weighted by molar-refractivity contribution is 5.78. The third kappa shape index (κ3) is 4.54. The summed E-state index contributed by atoms with van der Waals surface area (Å²) in [6.07, 6.45) is 0. The number of hydrogen-bond acceptors (Lipinski definition) is 7. The van der Waals surface area contributed by atoms with Gasteiger partial charge in [-0.15, -0.1) is 0 Å². The Balaban J connectivity index is 0.000000209. The van der Waals surface area contributed by atoms with Crippen LogP contribution >= 0.6 is 0 Å². The zero-order valence-electron chi connectivity index (χ0n) is 13.5. The normalized spacial score (nSPS) is 9.85. The molecule has 0 aliphatic heterocycles. The lowest BCUT2D eigenvalue weighted by atomic mass is 10.0. The molecule has 134 valence electrons. The zero-order chi connectivity index (χ0) is 19.3. The van der Waals surface area contributed by atoms with Crippen LogP contribution in [0.25, 0.3) is 11.1 Å². The Hall–Kier alpha value is -3.94. The lowest BCUT2D eigenvalue weighted by Crippen LogP contribution is -1.88. The summed E-state index contributed by atoms with van der Waals surface area (Å²) in [5, 5.41) is 38.2. The number of benzene rings is 3. The number of hydrogen-bond donors (Lipinski definition) is 5. The molecule has 0 aromatic heterocycles. The Labute approximate surface area is 148 Å². The largest absolute Gasteiger partial charge is 0.508 e. The lowest BCUT2D eigenvalue weighted by molar-refractivity contribution is -0.384. The zero-order valence-corrected chi connectivity index (χ0v) is 13.5. The van der Waals surface area contributed by atoms with E-state index in [0.29, 0.717) is 22.5 Å². The van der Waals surface area contributed by atoms with Gasteiger partial charge in [0.25, 0.3) is 5.69 Å². The maximum absolute atomic E-state index is 10.0. The summed E-state index contributed by atoms with van der Waals surface area (Å²) in [5.41, 5.74) is 12.9. The first-order valence-electron chi connectivity index (χ1n) is 7.38. The van der Waals surface area contributed by atoms with Gasteiger partial charge < -0.3 is 26.8 Å². The van der Waals surface area contributed by atoms with Crippen molar-refractivity contribution in [2.45, 2.75) is 0 Å². The molecule has 0 heterocycles. The summed E-state index contributed by atoms with van der Waals surface area (Å²) in [4.78, 5) is 9.49. The van der Waals surface area contributed by atoms with Gasteiger partial charge in [-0.2, -0.15) is 0 Å². The molecule has 8 nitrogen and oxygen atoms in total. The second-order valence-electron chi connectivity index (χ2n) is 5.33. The van der Waals surface area contributed by atoms with Crippen LogP contribution in [0.2, 0.25) is 0 Å². The van der Waals surface area contributed by atoms with Gasteiger partial charge in [-0.1, -0.05) is 6.07 Å². The molecule has 0 aliphatic carbocycles. The third-order valence-electron chi connectivity index (χ3n) is 3.37. The number of nitrogen functional groups attached to an aromatic ring is 2. The van der Waals surface area contributed by atoms with Crippen LogP contribution in [-0.2, 0) is 0 Å². The fraction of sp³-hybridized carbons (Fsp3) is 0. The molecule has 3 aromatic carbocycles. The Morgan fingerprint density at radius 3 is 1.62 bits per heavy atom. The molecular weight excluding hydrogens is 338 g/mol. The predicted octanol–water partition coefficient (Wildman–Crippen LogP) is 3.23. The van der Waals surface area contributed by atoms with Gasteiger partial charge in [0.05, 0.1) is 11.0 Å². The van der Waals surface area contributed by atoms with Crippen molar-refractivity contribution in [3.8, 4) is 28.4 Å². The number of aromatic hydroxyl groups is 3. The molecule has 0 spiro atoms. The number of phenolic OH excluding ortho intramolecular Hbond substituents is 3. The first-order valence-corrected chi connectivity index (χ1v) is 7.38. The molecule has 0 amide bonds. The van der Waals surface area contributed by atoms with Gasteiger partial charge in [0.1, 0.15) is 17.2 Å². The molecule has 7 N–H and O–H groups in total. The van der Waals surface area contributed by atoms with Crippen LogP contribution < -0.4 is 11.5 Å². The first-order chi connectivity index (χ1) is 12.3. The minimum Gasteiger partial charge on any atom is -0.508 e. The maximum Gasteiger partial charge on any atom is 0.273 e. The van der Waals surface area contributed by atoms with Gasteiger partial charge >= 0.3 is 0 Å². The second kappa shape index (κ2) is 7.75. The van der Waals surface area contributed by atoms with Crippen molar-refractivity contribution < 1.29 is 20.2 Å². The van der Waals surface area contributed by atoms with Crippen LogP contribution in [0.15, 0.2) is 60.7 Å². The van der Waals surface area contributed by atoms with Crippen molar-refractivity contribution in [1.29, 1.82) is 0 Å². The Kier molecular flexibility index (Phi) is 5.49. The summed E-state index contributed by atoms with van der Waals surface area (Å²) in [6.45, 7) is 0. The molecule has 0 unspecified atom stereocenters. The van der Waals surface area contributed by atoms with Crippen LogP contribution in [0, 0.1) is 10.1 Å². The van der Waals surface area contributed by atoms with E-state index in [4.69, 9.17) is 16.6 Å². The number of anilines is 2. The van der Waals surface area contributed by atoms with Crippen molar-refractivity contribution in [2.24, 2.45) is 0 Å². The molecule has 0 radical (unpaired) electrons. The van der Waals surface area contributed by atoms with E-state index >= 15 is 0 Å². The van der Waals surface area contributed by atoms with Gasteiger partial charge in [-0.3, -0.25) is 10.1 Å². The van der Waals surface area contributed by atoms with E-state index in [0.717, 1.165) is 6.07 Å². The molecule has 8 heteroatoms. The third-order valence-corrected chi connectivity index (χ3v) is 3.37. The predicted molar refractivity (Wildman–Crippen MR) is 98.8 cm³/mol. The van der Waals surface area contributed by atoms with E-state index in [9.17, 15) is 20.3 Å². The average molecular weight is 355 g/mol. The van der Waals surface area contributed by atoms with Crippen LogP contribution in [0.4, 0.5) is 17.1 Å². The molecular formula is C18H17N3O5. The second-order valence-corrected chi connectivity index (χ2v) is 5.33. The molecule has 0 atom stereocenters. The van der Waals surface area contributed by atoms with Crippen LogP contribution in [0.5, 0.6) is 17.2 Å². The fourth-order valence-electron chi connectivity index (χ4n) is 2.16. The number of nitrogens with two attached hydrogens (primary N) is 2. The molecule has 0 saturated carbocycles. The van der Waals surface area contributed by atoms with E-state index in [1.54, 1.807) is 24.3 Å². The number of rotatable bonds is 2. The SMILES string of the molecule is Nc1ccc(-c2ccc(N)cc2O)c(O)c1.O=[N+]([O-])c1cccc(O)c1. The topological polar surface area (TPSA) is 156 Å². The van der Waals surface area contributed by atoms with Crippen molar-refractivity contribution in [2.75, 3.05) is 11.5 Å². The van der Waals surface area contributed by atoms with E-state index in [-0.39, 0.29) is 22.9 Å². The quantitative estimate of drug-likeness (QED) is 0.268. The fourth-order valence-corrected chi connectivity index (χ4v) is 2.16. The Bertz CT molecular complexity index is 894. The standard InChI is InChI=1S/C12H12N2O2.C6H5NO3/c13-7-1-3-9(11(15)5-7)10-4-2-8(14)6-12(10)16;8-6-3-1-2-5(4-6)7(9)10/h1-6,15-16H,13-14H2;1-4,8H. The molecule has 0 bridgehead atoms. The summed E-state index contributed by atoms with van der Waals surface area (Å²) in [5.74, 6) is -0.0330. The number of non-ortho nitro benzene ring substituents is 1. The Morgan fingerprint density at radius 1 is 0.769 bits per heavy atom. The van der Waals surface area contributed by atoms with E-state index in [2.05, 4.69) is 0 Å². The minimum atomic E-state index is -0.556. The highest BCUT2D eigenvalue weighted by atomic mass is 16.6. The van der Waals surface area contributed by atoms with E-state index in [1.807, 2.05) is 0 Å². The van der Waals surface area contributed by atoms with Crippen LogP contribution in [0.3, 0.4) is 0 Å². The maximum atomic E-state index is 10.0. The van der Waals surface area contributed by atoms with Crippen molar-refractivity contribution in [3.05, 3.63) is 70.8 Å². The summed E-state index contributed by atoms with van der Waals surface area (Å²) in [6, 6.07) is 14.7. The van der Waals surface area contributed by atoms with Crippen LogP contribution in [0.1, 0.15) is 0 Å². The van der Waals surface area contributed by atoms with Crippen LogP contribution in [-0.4, -0.2) is 20.2 Å². The lowest BCUT2D eigenvalue weighted by Gasteiger charge is -2.08. The summed E-state index contributed by atoms with van der Waals surface area (Å²) >= 11 is 0. The highest BCUT2D eigenvalue weighted by Crippen LogP contribution is 2.36. The monoisotopic (exact) mass is 355 g/mol. The van der Waals surface area contributed by atoms with Crippen molar-refractivity contribution in [1.82, 2.24) is 0 Å². The number of nitrogens with zero attached hydrogens (tertiary/aromatic N) is 1. The van der Waals surface area contributed by atoms with Gasteiger partial charge in [0.2, 0.25) is 0 Å². The number of nitro benzene ring substituents is 1. The number of phenols is 3. The molecule has 3 rings (SSSR count). The van der Waals surface area contributed by atoms with Gasteiger partial charge in [0, 0.05) is 40.7 Å². The average Bonchev–Trinajstić information content (AvgIpc) is 2.56. The summed E-state index contributed by atoms with van der Waals surface area (Å²) < 4.78 is 0. The van der Waals surface area contributed by atoms with Gasteiger partial charge in [-0.25, -0.2) is 0 Å². The van der Waals surface area contributed by atoms with E-state index in [1.165, 1.54) is 30.3 Å². The summed E-state index contributed by atoms with van der Waals surface area (Å²) in [7, 11) is 0. The smallest absolute Gasteiger partial charge is 0.273 e. The highest BCUT2D eigenvalue weighted by Gasteiger charge is 2.09. The molecule has 0 fully saturated rings. The minimum absolute atomic E-state index is 0.0278. The van der Waals surface area contributed by atoms with Crippen molar-refractivity contribution >= 4 is 17.1 Å². The molecule has 3 aromatic rings. The molecule has 0 aliphatic rings. The van der Waals surface area contributed by atoms with Gasteiger partial charge in [-0.05, 0) is 30.3 Å².